The molecule has 0 amide bonds. The summed E-state index contributed by atoms with van der Waals surface area (Å²) >= 11 is 1.86. The van der Waals surface area contributed by atoms with Gasteiger partial charge in [-0.1, -0.05) is 19.1 Å². The fourth-order valence-corrected chi connectivity index (χ4v) is 2.35. The van der Waals surface area contributed by atoms with E-state index in [1.165, 1.54) is 5.56 Å². The molecule has 0 aromatic heterocycles. The van der Waals surface area contributed by atoms with Crippen molar-refractivity contribution in [1.29, 1.82) is 0 Å². The number of thioether (sulfide) groups is 1. The summed E-state index contributed by atoms with van der Waals surface area (Å²) in [6, 6.07) is 8.03. The van der Waals surface area contributed by atoms with Crippen LogP contribution >= 0.6 is 11.8 Å². The van der Waals surface area contributed by atoms with Gasteiger partial charge >= 0.3 is 0 Å². The monoisotopic (exact) mass is 239 g/mol. The molecule has 0 aliphatic rings. The van der Waals surface area contributed by atoms with Gasteiger partial charge in [0.1, 0.15) is 5.75 Å². The molecule has 1 aromatic rings. The lowest BCUT2D eigenvalue weighted by Crippen LogP contribution is -2.33. The molecule has 1 unspecified atom stereocenters. The molecule has 2 nitrogen and oxygen atoms in total. The first-order valence-corrected chi connectivity index (χ1v) is 7.16. The van der Waals surface area contributed by atoms with Gasteiger partial charge in [-0.3, -0.25) is 0 Å². The Morgan fingerprint density at radius 2 is 2.25 bits per heavy atom. The van der Waals surface area contributed by atoms with Gasteiger partial charge in [0.2, 0.25) is 0 Å². The summed E-state index contributed by atoms with van der Waals surface area (Å²) in [7, 11) is 0. The van der Waals surface area contributed by atoms with Crippen molar-refractivity contribution in [1.82, 2.24) is 5.32 Å². The summed E-state index contributed by atoms with van der Waals surface area (Å²) in [5.74, 6) is 1.46. The van der Waals surface area contributed by atoms with E-state index in [1.807, 2.05) is 23.9 Å². The van der Waals surface area contributed by atoms with E-state index in [2.05, 4.69) is 24.6 Å². The maximum atomic E-state index is 9.41. The van der Waals surface area contributed by atoms with Crippen LogP contribution in [0.5, 0.6) is 5.75 Å². The van der Waals surface area contributed by atoms with Crippen LogP contribution in [0.3, 0.4) is 0 Å². The molecule has 1 rings (SSSR count). The summed E-state index contributed by atoms with van der Waals surface area (Å²) in [5, 5.41) is 12.9. The summed E-state index contributed by atoms with van der Waals surface area (Å²) < 4.78 is 0. The lowest BCUT2D eigenvalue weighted by atomic mass is 10.1. The highest BCUT2D eigenvalue weighted by molar-refractivity contribution is 7.98. The normalized spacial score (nSPS) is 12.6. The highest BCUT2D eigenvalue weighted by Gasteiger charge is 2.08. The van der Waals surface area contributed by atoms with Gasteiger partial charge in [-0.25, -0.2) is 0 Å². The highest BCUT2D eigenvalue weighted by atomic mass is 32.2. The van der Waals surface area contributed by atoms with Crippen LogP contribution < -0.4 is 5.32 Å². The molecule has 16 heavy (non-hydrogen) atoms. The summed E-state index contributed by atoms with van der Waals surface area (Å²) in [5.41, 5.74) is 1.20. The topological polar surface area (TPSA) is 32.3 Å². The lowest BCUT2D eigenvalue weighted by Gasteiger charge is -2.17. The van der Waals surface area contributed by atoms with Crippen LogP contribution in [0.15, 0.2) is 24.3 Å². The second kappa shape index (κ2) is 7.58. The van der Waals surface area contributed by atoms with Gasteiger partial charge in [-0.2, -0.15) is 11.8 Å². The van der Waals surface area contributed by atoms with E-state index in [1.54, 1.807) is 6.07 Å². The van der Waals surface area contributed by atoms with E-state index >= 15 is 0 Å². The standard InChI is InChI=1S/C13H21NOS/c1-3-7-14-12(10-16-2)8-11-5-4-6-13(15)9-11/h4-6,9,12,14-15H,3,7-8,10H2,1-2H3. The van der Waals surface area contributed by atoms with Gasteiger partial charge in [0.15, 0.2) is 0 Å². The molecule has 0 saturated heterocycles. The molecule has 3 heteroatoms. The Morgan fingerprint density at radius 3 is 2.88 bits per heavy atom. The average molecular weight is 239 g/mol. The Labute approximate surface area is 102 Å². The molecule has 0 aliphatic carbocycles. The third-order valence-electron chi connectivity index (χ3n) is 2.44. The van der Waals surface area contributed by atoms with Crippen molar-refractivity contribution in [3.05, 3.63) is 29.8 Å². The highest BCUT2D eigenvalue weighted by Crippen LogP contribution is 2.13. The van der Waals surface area contributed by atoms with E-state index in [0.717, 1.165) is 25.1 Å². The van der Waals surface area contributed by atoms with Crippen LogP contribution in [-0.2, 0) is 6.42 Å². The Morgan fingerprint density at radius 1 is 1.44 bits per heavy atom. The van der Waals surface area contributed by atoms with E-state index in [-0.39, 0.29) is 0 Å². The number of nitrogens with one attached hydrogen (secondary N) is 1. The van der Waals surface area contributed by atoms with E-state index < -0.39 is 0 Å². The van der Waals surface area contributed by atoms with Gasteiger partial charge < -0.3 is 10.4 Å². The van der Waals surface area contributed by atoms with Crippen molar-refractivity contribution in [2.75, 3.05) is 18.6 Å². The largest absolute Gasteiger partial charge is 0.508 e. The molecule has 0 bridgehead atoms. The quantitative estimate of drug-likeness (QED) is 0.767. The van der Waals surface area contributed by atoms with Gasteiger partial charge in [-0.15, -0.1) is 0 Å². The van der Waals surface area contributed by atoms with Crippen LogP contribution in [0, 0.1) is 0 Å². The molecule has 90 valence electrons. The molecular weight excluding hydrogens is 218 g/mol. The van der Waals surface area contributed by atoms with Gasteiger partial charge in [-0.05, 0) is 43.3 Å². The summed E-state index contributed by atoms with van der Waals surface area (Å²) in [6.45, 7) is 3.24. The minimum Gasteiger partial charge on any atom is -0.508 e. The Hall–Kier alpha value is -0.670. The number of phenolic OH excluding ortho intramolecular Hbond substituents is 1. The third kappa shape index (κ3) is 4.90. The molecule has 1 atom stereocenters. The minimum atomic E-state index is 0.357. The van der Waals surface area contributed by atoms with Crippen LogP contribution in [0.4, 0.5) is 0 Å². The number of aromatic hydroxyl groups is 1. The Kier molecular flexibility index (Phi) is 6.34. The second-order valence-corrected chi connectivity index (χ2v) is 4.89. The Balaban J connectivity index is 2.52. The average Bonchev–Trinajstić information content (AvgIpc) is 2.26. The van der Waals surface area contributed by atoms with Gasteiger partial charge in [0.05, 0.1) is 0 Å². The molecule has 0 fully saturated rings. The summed E-state index contributed by atoms with van der Waals surface area (Å²) in [4.78, 5) is 0. The molecule has 0 heterocycles. The molecule has 1 aromatic carbocycles. The molecule has 0 aliphatic heterocycles. The number of hydrogen-bond donors (Lipinski definition) is 2. The van der Waals surface area contributed by atoms with Crippen molar-refractivity contribution < 1.29 is 5.11 Å². The predicted molar refractivity (Wildman–Crippen MR) is 72.3 cm³/mol. The van der Waals surface area contributed by atoms with Crippen LogP contribution in [0.2, 0.25) is 0 Å². The van der Waals surface area contributed by atoms with Crippen molar-refractivity contribution in [3.63, 3.8) is 0 Å². The van der Waals surface area contributed by atoms with Crippen molar-refractivity contribution >= 4 is 11.8 Å². The molecule has 0 radical (unpaired) electrons. The maximum absolute atomic E-state index is 9.41. The van der Waals surface area contributed by atoms with Gasteiger partial charge in [0.25, 0.3) is 0 Å². The zero-order chi connectivity index (χ0) is 11.8. The summed E-state index contributed by atoms with van der Waals surface area (Å²) in [6.07, 6.45) is 4.27. The number of rotatable bonds is 7. The Bertz CT molecular complexity index is 304. The van der Waals surface area contributed by atoms with Gasteiger partial charge in [0, 0.05) is 11.8 Å². The fraction of sp³-hybridized carbons (Fsp3) is 0.538. The number of phenols is 1. The second-order valence-electron chi connectivity index (χ2n) is 3.98. The van der Waals surface area contributed by atoms with Crippen molar-refractivity contribution in [2.45, 2.75) is 25.8 Å². The maximum Gasteiger partial charge on any atom is 0.115 e. The van der Waals surface area contributed by atoms with Crippen LogP contribution in [0.25, 0.3) is 0 Å². The molecule has 0 spiro atoms. The van der Waals surface area contributed by atoms with E-state index in [0.29, 0.717) is 11.8 Å². The minimum absolute atomic E-state index is 0.357. The molecule has 2 N–H and O–H groups in total. The zero-order valence-electron chi connectivity index (χ0n) is 10.1. The zero-order valence-corrected chi connectivity index (χ0v) is 10.9. The predicted octanol–water partition coefficient (Wildman–Crippen LogP) is 2.67. The lowest BCUT2D eigenvalue weighted by molar-refractivity contribution is 0.473. The number of hydrogen-bond acceptors (Lipinski definition) is 3. The van der Waals surface area contributed by atoms with Crippen molar-refractivity contribution in [2.24, 2.45) is 0 Å². The van der Waals surface area contributed by atoms with Crippen LogP contribution in [0.1, 0.15) is 18.9 Å². The van der Waals surface area contributed by atoms with E-state index in [9.17, 15) is 5.11 Å². The first kappa shape index (κ1) is 13.4. The third-order valence-corrected chi connectivity index (χ3v) is 3.18. The smallest absolute Gasteiger partial charge is 0.115 e. The molecule has 0 saturated carbocycles. The molecular formula is C13H21NOS. The first-order valence-electron chi connectivity index (χ1n) is 5.76. The first-order chi connectivity index (χ1) is 7.76. The SMILES string of the molecule is CCCNC(CSC)Cc1cccc(O)c1. The number of benzene rings is 1. The van der Waals surface area contributed by atoms with Crippen LogP contribution in [-0.4, -0.2) is 29.7 Å². The van der Waals surface area contributed by atoms with Crippen molar-refractivity contribution in [3.8, 4) is 5.75 Å². The fourth-order valence-electron chi connectivity index (χ4n) is 1.71. The van der Waals surface area contributed by atoms with E-state index in [4.69, 9.17) is 0 Å².